The summed E-state index contributed by atoms with van der Waals surface area (Å²) in [6, 6.07) is 13.5. The molecule has 0 aliphatic carbocycles. The maximum Gasteiger partial charge on any atom is 0.344 e. The molecule has 0 fully saturated rings. The first-order valence-corrected chi connectivity index (χ1v) is 10.2. The van der Waals surface area contributed by atoms with E-state index < -0.39 is 10.9 Å². The van der Waals surface area contributed by atoms with Crippen LogP contribution in [0.2, 0.25) is 0 Å². The number of non-ortho nitro benzene ring substituents is 1. The number of hydrogen-bond donors (Lipinski definition) is 1. The van der Waals surface area contributed by atoms with Gasteiger partial charge in [-0.15, -0.1) is 0 Å². The van der Waals surface area contributed by atoms with E-state index in [2.05, 4.69) is 11.9 Å². The molecule has 0 atom stereocenters. The fraction of sp³-hybridized carbons (Fsp3) is 0.182. The number of nitro benzene ring substituents is 1. The van der Waals surface area contributed by atoms with Gasteiger partial charge in [0.2, 0.25) is 0 Å². The molecule has 0 saturated heterocycles. The predicted molar refractivity (Wildman–Crippen MR) is 118 cm³/mol. The molecule has 154 valence electrons. The third kappa shape index (κ3) is 4.77. The first kappa shape index (κ1) is 21.3. The number of aliphatic hydroxyl groups excluding tert-OH is 1. The number of esters is 1. The molecule has 1 aliphatic rings. The van der Waals surface area contributed by atoms with Crippen molar-refractivity contribution in [1.82, 2.24) is 0 Å². The van der Waals surface area contributed by atoms with Gasteiger partial charge in [-0.2, -0.15) is 0 Å². The van der Waals surface area contributed by atoms with Gasteiger partial charge >= 0.3 is 5.97 Å². The van der Waals surface area contributed by atoms with Crippen LogP contribution in [0.15, 0.2) is 69.8 Å². The zero-order chi connectivity index (χ0) is 21.7. The van der Waals surface area contributed by atoms with Crippen molar-refractivity contribution in [3.8, 4) is 0 Å². The number of aliphatic hydroxyl groups is 1. The normalized spacial score (nSPS) is 16.3. The first-order valence-electron chi connectivity index (χ1n) is 9.35. The molecule has 2 aromatic carbocycles. The summed E-state index contributed by atoms with van der Waals surface area (Å²) in [5.74, 6) is -0.869. The topological polar surface area (TPSA) is 102 Å². The molecule has 1 N–H and O–H groups in total. The summed E-state index contributed by atoms with van der Waals surface area (Å²) in [6.07, 6.45) is 2.70. The predicted octanol–water partition coefficient (Wildman–Crippen LogP) is 5.35. The Labute approximate surface area is 177 Å². The van der Waals surface area contributed by atoms with Crippen LogP contribution in [0.5, 0.6) is 0 Å². The summed E-state index contributed by atoms with van der Waals surface area (Å²) in [6.45, 7) is 3.90. The van der Waals surface area contributed by atoms with Gasteiger partial charge in [0.1, 0.15) is 16.4 Å². The lowest BCUT2D eigenvalue weighted by molar-refractivity contribution is -0.384. The molecule has 2 aromatic rings. The lowest BCUT2D eigenvalue weighted by Crippen LogP contribution is -2.12. The highest BCUT2D eigenvalue weighted by atomic mass is 32.2. The van der Waals surface area contributed by atoms with E-state index >= 15 is 0 Å². The van der Waals surface area contributed by atoms with Crippen molar-refractivity contribution in [2.75, 3.05) is 6.61 Å². The quantitative estimate of drug-likeness (QED) is 0.381. The Kier molecular flexibility index (Phi) is 6.68. The maximum absolute atomic E-state index is 12.4. The standard InChI is InChI=1S/C22H20N2O5S/c1-3-14-5-7-15(8-6-14)13-18-20(25)19(22(26)29-4-2)21(30-18)23-16-9-11-17(12-10-16)24(27)28/h5-13,25H,3-4H2,1-2H3. The van der Waals surface area contributed by atoms with Gasteiger partial charge in [0.15, 0.2) is 0 Å². The molecule has 0 bridgehead atoms. The molecule has 1 aliphatic heterocycles. The van der Waals surface area contributed by atoms with Crippen LogP contribution in [-0.2, 0) is 16.0 Å². The van der Waals surface area contributed by atoms with E-state index in [0.717, 1.165) is 23.7 Å². The summed E-state index contributed by atoms with van der Waals surface area (Å²) >= 11 is 1.14. The SMILES string of the molecule is CCOC(=O)C1=C(O)C(=Cc2ccc(CC)cc2)SC1=Nc1ccc([N+](=O)[O-])cc1. The molecule has 7 nitrogen and oxygen atoms in total. The molecule has 8 heteroatoms. The average Bonchev–Trinajstić information content (AvgIpc) is 3.04. The van der Waals surface area contributed by atoms with Crippen molar-refractivity contribution in [2.45, 2.75) is 20.3 Å². The molecule has 0 amide bonds. The van der Waals surface area contributed by atoms with Crippen molar-refractivity contribution >= 4 is 40.2 Å². The number of aliphatic imine (C=N–C) groups is 1. The van der Waals surface area contributed by atoms with Crippen LogP contribution >= 0.6 is 11.8 Å². The van der Waals surface area contributed by atoms with E-state index in [0.29, 0.717) is 10.6 Å². The van der Waals surface area contributed by atoms with Crippen LogP contribution < -0.4 is 0 Å². The fourth-order valence-corrected chi connectivity index (χ4v) is 3.79. The van der Waals surface area contributed by atoms with Crippen molar-refractivity contribution < 1.29 is 19.6 Å². The highest BCUT2D eigenvalue weighted by molar-refractivity contribution is 8.18. The average molecular weight is 424 g/mol. The van der Waals surface area contributed by atoms with Crippen LogP contribution in [0.3, 0.4) is 0 Å². The third-order valence-electron chi connectivity index (χ3n) is 4.35. The molecular weight excluding hydrogens is 404 g/mol. The van der Waals surface area contributed by atoms with E-state index in [1.807, 2.05) is 24.3 Å². The maximum atomic E-state index is 12.4. The molecule has 0 radical (unpaired) electrons. The summed E-state index contributed by atoms with van der Waals surface area (Å²) in [7, 11) is 0. The second-order valence-electron chi connectivity index (χ2n) is 6.34. The molecule has 0 aromatic heterocycles. The minimum Gasteiger partial charge on any atom is -0.506 e. The van der Waals surface area contributed by atoms with Crippen LogP contribution in [0, 0.1) is 10.1 Å². The fourth-order valence-electron chi connectivity index (χ4n) is 2.76. The van der Waals surface area contributed by atoms with Gasteiger partial charge in [0.05, 0.1) is 22.1 Å². The molecule has 0 unspecified atom stereocenters. The number of aryl methyl sites for hydroxylation is 1. The first-order chi connectivity index (χ1) is 14.4. The second-order valence-corrected chi connectivity index (χ2v) is 7.37. The van der Waals surface area contributed by atoms with E-state index in [4.69, 9.17) is 4.74 Å². The van der Waals surface area contributed by atoms with Gasteiger partial charge < -0.3 is 9.84 Å². The Morgan fingerprint density at radius 1 is 1.17 bits per heavy atom. The summed E-state index contributed by atoms with van der Waals surface area (Å²) in [4.78, 5) is 27.6. The molecule has 0 spiro atoms. The third-order valence-corrected chi connectivity index (χ3v) is 5.37. The van der Waals surface area contributed by atoms with Gasteiger partial charge in [0, 0.05) is 12.1 Å². The number of benzene rings is 2. The number of nitrogens with zero attached hydrogens (tertiary/aromatic N) is 2. The number of hydrogen-bond acceptors (Lipinski definition) is 7. The van der Waals surface area contributed by atoms with E-state index in [-0.39, 0.29) is 28.7 Å². The molecule has 30 heavy (non-hydrogen) atoms. The highest BCUT2D eigenvalue weighted by Gasteiger charge is 2.33. The van der Waals surface area contributed by atoms with E-state index in [1.54, 1.807) is 13.0 Å². The minimum atomic E-state index is -0.673. The number of nitro groups is 1. The Hall–Kier alpha value is -3.39. The Morgan fingerprint density at radius 2 is 1.83 bits per heavy atom. The largest absolute Gasteiger partial charge is 0.506 e. The number of rotatable bonds is 6. The zero-order valence-corrected chi connectivity index (χ0v) is 17.3. The lowest BCUT2D eigenvalue weighted by Gasteiger charge is -2.03. The van der Waals surface area contributed by atoms with Gasteiger partial charge in [-0.25, -0.2) is 9.79 Å². The Morgan fingerprint density at radius 3 is 2.40 bits per heavy atom. The highest BCUT2D eigenvalue weighted by Crippen LogP contribution is 2.40. The van der Waals surface area contributed by atoms with Crippen LogP contribution in [-0.4, -0.2) is 27.6 Å². The van der Waals surface area contributed by atoms with Gasteiger partial charge in [-0.1, -0.05) is 43.0 Å². The van der Waals surface area contributed by atoms with Crippen LogP contribution in [0.25, 0.3) is 6.08 Å². The zero-order valence-electron chi connectivity index (χ0n) is 16.5. The van der Waals surface area contributed by atoms with Crippen LogP contribution in [0.4, 0.5) is 11.4 Å². The van der Waals surface area contributed by atoms with Crippen LogP contribution in [0.1, 0.15) is 25.0 Å². The number of carbonyl (C=O) groups is 1. The van der Waals surface area contributed by atoms with Crippen molar-refractivity contribution in [2.24, 2.45) is 4.99 Å². The second kappa shape index (κ2) is 9.41. The Bertz CT molecular complexity index is 1050. The van der Waals surface area contributed by atoms with Gasteiger partial charge in [-0.05, 0) is 42.7 Å². The Balaban J connectivity index is 1.98. The lowest BCUT2D eigenvalue weighted by atomic mass is 10.1. The number of ether oxygens (including phenoxy) is 1. The number of carbonyl (C=O) groups excluding carboxylic acids is 1. The number of thioether (sulfide) groups is 1. The van der Waals surface area contributed by atoms with Crippen molar-refractivity contribution in [3.63, 3.8) is 0 Å². The van der Waals surface area contributed by atoms with Crippen molar-refractivity contribution in [3.05, 3.63) is 86.0 Å². The summed E-state index contributed by atoms with van der Waals surface area (Å²) in [5, 5.41) is 21.8. The molecule has 0 saturated carbocycles. The minimum absolute atomic E-state index is 0.0170. The van der Waals surface area contributed by atoms with E-state index in [1.165, 1.54) is 29.8 Å². The monoisotopic (exact) mass is 424 g/mol. The molecule has 3 rings (SSSR count). The van der Waals surface area contributed by atoms with Gasteiger partial charge in [-0.3, -0.25) is 10.1 Å². The summed E-state index contributed by atoms with van der Waals surface area (Å²) < 4.78 is 5.08. The van der Waals surface area contributed by atoms with E-state index in [9.17, 15) is 20.0 Å². The van der Waals surface area contributed by atoms with Gasteiger partial charge in [0.25, 0.3) is 5.69 Å². The molecular formula is C22H20N2O5S. The summed E-state index contributed by atoms with van der Waals surface area (Å²) in [5.41, 5.74) is 2.42. The van der Waals surface area contributed by atoms with Crippen molar-refractivity contribution in [1.29, 1.82) is 0 Å². The smallest absolute Gasteiger partial charge is 0.344 e. The molecule has 1 heterocycles.